The van der Waals surface area contributed by atoms with E-state index >= 15 is 0 Å². The van der Waals surface area contributed by atoms with E-state index in [1.807, 2.05) is 7.05 Å². The number of halogens is 1. The number of likely N-dealkylation sites (tertiary alicyclic amines) is 1. The number of nitrogens with zero attached hydrogens (tertiary/aromatic N) is 3. The zero-order valence-electron chi connectivity index (χ0n) is 15.7. The number of nitrogens with one attached hydrogen (secondary N) is 1. The number of rotatable bonds is 4. The maximum absolute atomic E-state index is 5.41. The number of hydrogen-bond acceptors (Lipinski definition) is 3. The second kappa shape index (κ2) is 8.34. The second-order valence-electron chi connectivity index (χ2n) is 7.98. The van der Waals surface area contributed by atoms with Crippen LogP contribution in [0, 0.1) is 11.3 Å². The monoisotopic (exact) mass is 438 g/mol. The lowest BCUT2D eigenvalue weighted by atomic mass is 9.65. The van der Waals surface area contributed by atoms with Crippen LogP contribution in [-0.4, -0.2) is 74.3 Å². The number of ether oxygens (including phenoxy) is 1. The molecule has 0 bridgehead atoms. The first-order chi connectivity index (χ1) is 10.3. The summed E-state index contributed by atoms with van der Waals surface area (Å²) in [7, 11) is 1.89. The summed E-state index contributed by atoms with van der Waals surface area (Å²) in [5.74, 6) is 1.64. The Bertz CT molecular complexity index is 405. The van der Waals surface area contributed by atoms with Crippen LogP contribution >= 0.6 is 24.0 Å². The van der Waals surface area contributed by atoms with Gasteiger partial charge in [0.05, 0.1) is 13.2 Å². The fourth-order valence-corrected chi connectivity index (χ4v) is 3.25. The molecule has 136 valence electrons. The Kier molecular flexibility index (Phi) is 7.60. The van der Waals surface area contributed by atoms with Crippen molar-refractivity contribution in [3.05, 3.63) is 0 Å². The van der Waals surface area contributed by atoms with Crippen LogP contribution in [0.4, 0.5) is 0 Å². The highest BCUT2D eigenvalue weighted by molar-refractivity contribution is 14.0. The van der Waals surface area contributed by atoms with Crippen molar-refractivity contribution in [1.29, 1.82) is 0 Å². The number of hydrogen-bond donors (Lipinski definition) is 1. The van der Waals surface area contributed by atoms with Gasteiger partial charge in [0.15, 0.2) is 5.96 Å². The quantitative estimate of drug-likeness (QED) is 0.416. The topological polar surface area (TPSA) is 40.1 Å². The zero-order valence-corrected chi connectivity index (χ0v) is 18.0. The van der Waals surface area contributed by atoms with E-state index < -0.39 is 0 Å². The van der Waals surface area contributed by atoms with Crippen LogP contribution < -0.4 is 5.32 Å². The van der Waals surface area contributed by atoms with E-state index in [1.54, 1.807) is 0 Å². The Morgan fingerprint density at radius 2 is 1.83 bits per heavy atom. The highest BCUT2D eigenvalue weighted by Crippen LogP contribution is 2.46. The molecular weight excluding hydrogens is 403 g/mol. The molecular formula is C17H35IN4O. The minimum absolute atomic E-state index is 0. The number of aliphatic imine (C=N–C) groups is 1. The second-order valence-corrected chi connectivity index (χ2v) is 7.98. The van der Waals surface area contributed by atoms with Gasteiger partial charge in [-0.3, -0.25) is 9.89 Å². The van der Waals surface area contributed by atoms with Crippen LogP contribution in [0.2, 0.25) is 0 Å². The van der Waals surface area contributed by atoms with Gasteiger partial charge in [-0.25, -0.2) is 0 Å². The summed E-state index contributed by atoms with van der Waals surface area (Å²) < 4.78 is 5.41. The first kappa shape index (κ1) is 21.0. The van der Waals surface area contributed by atoms with Gasteiger partial charge in [0.1, 0.15) is 0 Å². The minimum Gasteiger partial charge on any atom is -0.379 e. The Labute approximate surface area is 159 Å². The molecule has 2 heterocycles. The Hall–Kier alpha value is -0.0800. The minimum atomic E-state index is 0. The van der Waals surface area contributed by atoms with Crippen LogP contribution in [0.5, 0.6) is 0 Å². The summed E-state index contributed by atoms with van der Waals surface area (Å²) >= 11 is 0. The Morgan fingerprint density at radius 1 is 1.22 bits per heavy atom. The normalized spacial score (nSPS) is 25.3. The fraction of sp³-hybridized carbons (Fsp3) is 0.941. The van der Waals surface area contributed by atoms with Crippen LogP contribution in [0.3, 0.4) is 0 Å². The van der Waals surface area contributed by atoms with Crippen molar-refractivity contribution in [2.24, 2.45) is 16.3 Å². The largest absolute Gasteiger partial charge is 0.379 e. The van der Waals surface area contributed by atoms with Gasteiger partial charge in [-0.15, -0.1) is 24.0 Å². The molecule has 1 N–H and O–H groups in total. The molecule has 2 aliphatic heterocycles. The van der Waals surface area contributed by atoms with Crippen molar-refractivity contribution >= 4 is 29.9 Å². The molecule has 0 amide bonds. The van der Waals surface area contributed by atoms with Crippen LogP contribution in [0.25, 0.3) is 0 Å². The molecule has 5 nitrogen and oxygen atoms in total. The van der Waals surface area contributed by atoms with E-state index in [2.05, 4.69) is 54.7 Å². The predicted molar refractivity (Wildman–Crippen MR) is 108 cm³/mol. The van der Waals surface area contributed by atoms with Gasteiger partial charge in [-0.05, 0) is 19.8 Å². The van der Waals surface area contributed by atoms with Gasteiger partial charge in [-0.1, -0.05) is 20.8 Å². The summed E-state index contributed by atoms with van der Waals surface area (Å²) in [6.07, 6.45) is 0. The predicted octanol–water partition coefficient (Wildman–Crippen LogP) is 2.27. The smallest absolute Gasteiger partial charge is 0.194 e. The van der Waals surface area contributed by atoms with E-state index in [4.69, 9.17) is 4.74 Å². The van der Waals surface area contributed by atoms with Crippen LogP contribution in [0.1, 0.15) is 34.6 Å². The van der Waals surface area contributed by atoms with Gasteiger partial charge in [0.2, 0.25) is 0 Å². The van der Waals surface area contributed by atoms with Crippen molar-refractivity contribution in [2.75, 3.05) is 53.0 Å². The molecule has 1 atom stereocenters. The average molecular weight is 438 g/mol. The van der Waals surface area contributed by atoms with Crippen molar-refractivity contribution in [1.82, 2.24) is 15.1 Å². The summed E-state index contributed by atoms with van der Waals surface area (Å²) in [6.45, 7) is 18.6. The van der Waals surface area contributed by atoms with E-state index in [-0.39, 0.29) is 29.5 Å². The molecule has 2 saturated heterocycles. The summed E-state index contributed by atoms with van der Waals surface area (Å²) in [5, 5.41) is 3.57. The lowest BCUT2D eigenvalue weighted by molar-refractivity contribution is -0.0668. The van der Waals surface area contributed by atoms with Crippen molar-refractivity contribution in [2.45, 2.75) is 40.2 Å². The lowest BCUT2D eigenvalue weighted by Crippen LogP contribution is -2.72. The van der Waals surface area contributed by atoms with Crippen LogP contribution in [0.15, 0.2) is 4.99 Å². The molecule has 0 aromatic carbocycles. The standard InChI is InChI=1S/C17H34N4O.HI/c1-14(12-20-7-9-22-10-8-20)11-19-15(18-6)21-13-16(2,3)17(21,4)5;/h14H,7-13H2,1-6H3,(H,18,19);1H. The van der Waals surface area contributed by atoms with Gasteiger partial charge in [-0.2, -0.15) is 0 Å². The van der Waals surface area contributed by atoms with Gasteiger partial charge >= 0.3 is 0 Å². The molecule has 2 rings (SSSR count). The molecule has 2 fully saturated rings. The zero-order chi connectivity index (χ0) is 16.4. The van der Waals surface area contributed by atoms with Gasteiger partial charge in [0, 0.05) is 50.7 Å². The average Bonchev–Trinajstić information content (AvgIpc) is 2.47. The van der Waals surface area contributed by atoms with E-state index in [0.29, 0.717) is 11.3 Å². The molecule has 0 aromatic heterocycles. The maximum atomic E-state index is 5.41. The maximum Gasteiger partial charge on any atom is 0.194 e. The molecule has 0 saturated carbocycles. The SMILES string of the molecule is CN=C(NCC(C)CN1CCOCC1)N1CC(C)(C)C1(C)C.I. The Morgan fingerprint density at radius 3 is 2.30 bits per heavy atom. The van der Waals surface area contributed by atoms with Crippen LogP contribution in [-0.2, 0) is 4.74 Å². The molecule has 6 heteroatoms. The summed E-state index contributed by atoms with van der Waals surface area (Å²) in [5.41, 5.74) is 0.492. The van der Waals surface area contributed by atoms with E-state index in [9.17, 15) is 0 Å². The van der Waals surface area contributed by atoms with Crippen molar-refractivity contribution in [3.8, 4) is 0 Å². The van der Waals surface area contributed by atoms with Crippen molar-refractivity contribution < 1.29 is 4.74 Å². The third-order valence-electron chi connectivity index (χ3n) is 5.63. The summed E-state index contributed by atoms with van der Waals surface area (Å²) in [6, 6.07) is 0. The molecule has 23 heavy (non-hydrogen) atoms. The molecule has 0 radical (unpaired) electrons. The molecule has 0 spiro atoms. The first-order valence-corrected chi connectivity index (χ1v) is 8.56. The third kappa shape index (κ3) is 4.72. The van der Waals surface area contributed by atoms with E-state index in [1.165, 1.54) is 0 Å². The first-order valence-electron chi connectivity index (χ1n) is 8.56. The van der Waals surface area contributed by atoms with E-state index in [0.717, 1.165) is 51.9 Å². The molecule has 0 aliphatic carbocycles. The Balaban J connectivity index is 0.00000264. The van der Waals surface area contributed by atoms with Crippen molar-refractivity contribution in [3.63, 3.8) is 0 Å². The summed E-state index contributed by atoms with van der Waals surface area (Å²) in [4.78, 5) is 9.38. The highest BCUT2D eigenvalue weighted by Gasteiger charge is 2.53. The molecule has 2 aliphatic rings. The number of guanidine groups is 1. The lowest BCUT2D eigenvalue weighted by Gasteiger charge is -2.62. The number of morpholine rings is 1. The van der Waals surface area contributed by atoms with Gasteiger partial charge in [0.25, 0.3) is 0 Å². The molecule has 1 unspecified atom stereocenters. The fourth-order valence-electron chi connectivity index (χ4n) is 3.25. The molecule has 0 aromatic rings. The van der Waals surface area contributed by atoms with Gasteiger partial charge < -0.3 is 15.0 Å². The highest BCUT2D eigenvalue weighted by atomic mass is 127. The third-order valence-corrected chi connectivity index (χ3v) is 5.63.